The van der Waals surface area contributed by atoms with Gasteiger partial charge < -0.3 is 5.73 Å². The number of nitrogens with two attached hydrogens (primary N) is 1. The van der Waals surface area contributed by atoms with Crippen LogP contribution in [0.25, 0.3) is 10.9 Å². The van der Waals surface area contributed by atoms with Gasteiger partial charge in [0.15, 0.2) is 11.6 Å². The first kappa shape index (κ1) is 12.2. The summed E-state index contributed by atoms with van der Waals surface area (Å²) in [5, 5.41) is 12.3. The fourth-order valence-corrected chi connectivity index (χ4v) is 1.97. The summed E-state index contributed by atoms with van der Waals surface area (Å²) >= 11 is 0. The molecule has 7 nitrogen and oxygen atoms in total. The molecule has 0 atom stereocenters. The second-order valence-electron chi connectivity index (χ2n) is 4.41. The summed E-state index contributed by atoms with van der Waals surface area (Å²) in [6, 6.07) is 9.01. The van der Waals surface area contributed by atoms with Gasteiger partial charge in [-0.2, -0.15) is 4.80 Å². The van der Waals surface area contributed by atoms with E-state index in [9.17, 15) is 4.79 Å². The molecule has 2 N–H and O–H groups in total. The molecule has 0 radical (unpaired) electrons. The molecule has 0 unspecified atom stereocenters. The zero-order valence-corrected chi connectivity index (χ0v) is 10.8. The molecule has 0 aliphatic heterocycles. The molecule has 3 rings (SSSR count). The number of fused-ring (bicyclic) bond motifs is 1. The highest BCUT2D eigenvalue weighted by molar-refractivity contribution is 6.00. The zero-order valence-electron chi connectivity index (χ0n) is 10.8. The van der Waals surface area contributed by atoms with Crippen molar-refractivity contribution in [3.8, 4) is 0 Å². The van der Waals surface area contributed by atoms with Gasteiger partial charge in [0, 0.05) is 11.1 Å². The molecule has 0 aliphatic rings. The standard InChI is InChI=1S/C13H12N6O/c1-19-17-13(16-18-19)7-12(20)11-6-9(14)8-4-2-3-5-10(8)15-11/h2-6H,7H2,1H3,(H2,14,15). The number of carbonyl (C=O) groups excluding carboxylic acids is 1. The van der Waals surface area contributed by atoms with Gasteiger partial charge in [0.2, 0.25) is 0 Å². The molecule has 2 heterocycles. The average Bonchev–Trinajstić information content (AvgIpc) is 2.84. The Hall–Kier alpha value is -2.83. The number of hydrogen-bond donors (Lipinski definition) is 1. The number of tetrazole rings is 1. The molecule has 1 aromatic carbocycles. The molecule has 3 aromatic rings. The summed E-state index contributed by atoms with van der Waals surface area (Å²) in [7, 11) is 1.65. The summed E-state index contributed by atoms with van der Waals surface area (Å²) in [6.45, 7) is 0. The maximum atomic E-state index is 12.2. The minimum atomic E-state index is -0.185. The Bertz CT molecular complexity index is 794. The van der Waals surface area contributed by atoms with Crippen molar-refractivity contribution in [3.05, 3.63) is 41.9 Å². The topological polar surface area (TPSA) is 99.6 Å². The maximum Gasteiger partial charge on any atom is 0.188 e. The quantitative estimate of drug-likeness (QED) is 0.704. The van der Waals surface area contributed by atoms with Crippen molar-refractivity contribution >= 4 is 22.4 Å². The van der Waals surface area contributed by atoms with Crippen LogP contribution < -0.4 is 5.73 Å². The van der Waals surface area contributed by atoms with Crippen molar-refractivity contribution in [1.82, 2.24) is 25.2 Å². The van der Waals surface area contributed by atoms with E-state index in [0.717, 1.165) is 5.39 Å². The molecule has 20 heavy (non-hydrogen) atoms. The van der Waals surface area contributed by atoms with Crippen molar-refractivity contribution in [2.24, 2.45) is 7.05 Å². The minimum Gasteiger partial charge on any atom is -0.398 e. The van der Waals surface area contributed by atoms with Gasteiger partial charge in [-0.05, 0) is 17.3 Å². The van der Waals surface area contributed by atoms with Crippen LogP contribution in [0.2, 0.25) is 0 Å². The normalized spacial score (nSPS) is 10.8. The van der Waals surface area contributed by atoms with Crippen LogP contribution >= 0.6 is 0 Å². The van der Waals surface area contributed by atoms with Gasteiger partial charge in [0.1, 0.15) is 5.69 Å². The van der Waals surface area contributed by atoms with Crippen LogP contribution in [0.4, 0.5) is 5.69 Å². The Morgan fingerprint density at radius 2 is 2.15 bits per heavy atom. The fraction of sp³-hybridized carbons (Fsp3) is 0.154. The van der Waals surface area contributed by atoms with E-state index in [1.807, 2.05) is 24.3 Å². The molecule has 0 amide bonds. The SMILES string of the molecule is Cn1nnc(CC(=O)c2cc(N)c3ccccc3n2)n1. The van der Waals surface area contributed by atoms with Gasteiger partial charge in [-0.3, -0.25) is 4.79 Å². The molecule has 0 saturated carbocycles. The molecule has 7 heteroatoms. The highest BCUT2D eigenvalue weighted by atomic mass is 16.1. The van der Waals surface area contributed by atoms with Crippen LogP contribution in [0.15, 0.2) is 30.3 Å². The lowest BCUT2D eigenvalue weighted by Crippen LogP contribution is -2.09. The molecule has 0 aliphatic carbocycles. The lowest BCUT2D eigenvalue weighted by molar-refractivity contribution is 0.0986. The largest absolute Gasteiger partial charge is 0.398 e. The molecular formula is C13H12N6O. The van der Waals surface area contributed by atoms with Crippen LogP contribution in [-0.4, -0.2) is 31.0 Å². The molecule has 100 valence electrons. The average molecular weight is 268 g/mol. The van der Waals surface area contributed by atoms with E-state index in [1.165, 1.54) is 4.80 Å². The Kier molecular flexibility index (Phi) is 2.86. The highest BCUT2D eigenvalue weighted by Crippen LogP contribution is 2.20. The third-order valence-electron chi connectivity index (χ3n) is 2.90. The van der Waals surface area contributed by atoms with Crippen LogP contribution in [-0.2, 0) is 13.5 Å². The number of rotatable bonds is 3. The van der Waals surface area contributed by atoms with E-state index < -0.39 is 0 Å². The molecule has 0 bridgehead atoms. The highest BCUT2D eigenvalue weighted by Gasteiger charge is 2.14. The van der Waals surface area contributed by atoms with Crippen LogP contribution in [0.1, 0.15) is 16.3 Å². The first-order valence-electron chi connectivity index (χ1n) is 6.05. The van der Waals surface area contributed by atoms with Crippen molar-refractivity contribution in [1.29, 1.82) is 0 Å². The monoisotopic (exact) mass is 268 g/mol. The summed E-state index contributed by atoms with van der Waals surface area (Å²) in [5.41, 5.74) is 7.50. The van der Waals surface area contributed by atoms with Gasteiger partial charge in [-0.15, -0.1) is 10.2 Å². The van der Waals surface area contributed by atoms with Gasteiger partial charge >= 0.3 is 0 Å². The number of pyridine rings is 1. The fourth-order valence-electron chi connectivity index (χ4n) is 1.97. The number of hydrogen-bond acceptors (Lipinski definition) is 6. The number of ketones is 1. The van der Waals surface area contributed by atoms with E-state index >= 15 is 0 Å². The Labute approximate surface area is 114 Å². The van der Waals surface area contributed by atoms with Gasteiger partial charge in [-0.25, -0.2) is 4.98 Å². The van der Waals surface area contributed by atoms with Crippen LogP contribution in [0.3, 0.4) is 0 Å². The zero-order chi connectivity index (χ0) is 14.1. The van der Waals surface area contributed by atoms with E-state index in [-0.39, 0.29) is 12.2 Å². The Morgan fingerprint density at radius 3 is 2.90 bits per heavy atom. The van der Waals surface area contributed by atoms with Crippen LogP contribution in [0.5, 0.6) is 0 Å². The van der Waals surface area contributed by atoms with E-state index in [2.05, 4.69) is 20.4 Å². The number of nitrogen functional groups attached to an aromatic ring is 1. The number of anilines is 1. The molecule has 0 fully saturated rings. The lowest BCUT2D eigenvalue weighted by atomic mass is 10.1. The first-order chi connectivity index (χ1) is 9.63. The second kappa shape index (κ2) is 4.69. The van der Waals surface area contributed by atoms with Crippen molar-refractivity contribution in [2.75, 3.05) is 5.73 Å². The Balaban J connectivity index is 1.95. The number of Topliss-reactive ketones (excluding diaryl/α,β-unsaturated/α-hetero) is 1. The van der Waals surface area contributed by atoms with E-state index in [1.54, 1.807) is 13.1 Å². The molecule has 2 aromatic heterocycles. The number of benzene rings is 1. The number of aromatic nitrogens is 5. The number of para-hydroxylation sites is 1. The summed E-state index contributed by atoms with van der Waals surface area (Å²) in [5.74, 6) is 0.182. The lowest BCUT2D eigenvalue weighted by Gasteiger charge is -2.04. The molecular weight excluding hydrogens is 256 g/mol. The summed E-state index contributed by atoms with van der Waals surface area (Å²) in [4.78, 5) is 17.8. The third kappa shape index (κ3) is 2.20. The van der Waals surface area contributed by atoms with E-state index in [0.29, 0.717) is 22.7 Å². The first-order valence-corrected chi connectivity index (χ1v) is 6.05. The third-order valence-corrected chi connectivity index (χ3v) is 2.90. The number of nitrogens with zero attached hydrogens (tertiary/aromatic N) is 5. The predicted molar refractivity (Wildman–Crippen MR) is 73.0 cm³/mol. The smallest absolute Gasteiger partial charge is 0.188 e. The molecule has 0 spiro atoms. The number of aryl methyl sites for hydroxylation is 1. The number of carbonyl (C=O) groups is 1. The van der Waals surface area contributed by atoms with Gasteiger partial charge in [0.25, 0.3) is 0 Å². The van der Waals surface area contributed by atoms with Crippen molar-refractivity contribution in [2.45, 2.75) is 6.42 Å². The maximum absolute atomic E-state index is 12.2. The van der Waals surface area contributed by atoms with Crippen molar-refractivity contribution < 1.29 is 4.79 Å². The van der Waals surface area contributed by atoms with Gasteiger partial charge in [0.05, 0.1) is 19.0 Å². The Morgan fingerprint density at radius 1 is 1.35 bits per heavy atom. The summed E-state index contributed by atoms with van der Waals surface area (Å²) < 4.78 is 0. The van der Waals surface area contributed by atoms with Gasteiger partial charge in [-0.1, -0.05) is 18.2 Å². The second-order valence-corrected chi connectivity index (χ2v) is 4.41. The minimum absolute atomic E-state index is 0.0542. The van der Waals surface area contributed by atoms with Crippen molar-refractivity contribution in [3.63, 3.8) is 0 Å². The van der Waals surface area contributed by atoms with Crippen LogP contribution in [0, 0.1) is 0 Å². The summed E-state index contributed by atoms with van der Waals surface area (Å²) in [6.07, 6.45) is 0.0542. The molecule has 0 saturated heterocycles. The predicted octanol–water partition coefficient (Wildman–Crippen LogP) is 0.766. The van der Waals surface area contributed by atoms with E-state index in [4.69, 9.17) is 5.73 Å².